The minimum atomic E-state index is -1.20. The van der Waals surface area contributed by atoms with Crippen molar-refractivity contribution in [2.75, 3.05) is 27.2 Å². The predicted octanol–water partition coefficient (Wildman–Crippen LogP) is 0.926. The van der Waals surface area contributed by atoms with E-state index >= 15 is 0 Å². The average Bonchev–Trinajstić information content (AvgIpc) is 2.33. The van der Waals surface area contributed by atoms with Gasteiger partial charge in [-0.2, -0.15) is 0 Å². The fourth-order valence-electron chi connectivity index (χ4n) is 2.16. The van der Waals surface area contributed by atoms with Gasteiger partial charge >= 0.3 is 12.0 Å². The standard InChI is InChI=1S/C13H25N3O3/c1-9-7-16(8-10(2)14(9)5)12(19)15(6)13(3,4)11(17)18/h9-10H,7-8H2,1-6H3,(H,17,18). The van der Waals surface area contributed by atoms with Crippen molar-refractivity contribution in [1.29, 1.82) is 0 Å². The highest BCUT2D eigenvalue weighted by Crippen LogP contribution is 2.19. The maximum atomic E-state index is 12.4. The number of urea groups is 1. The van der Waals surface area contributed by atoms with Crippen LogP contribution in [0.2, 0.25) is 0 Å². The number of rotatable bonds is 2. The van der Waals surface area contributed by atoms with Crippen LogP contribution in [0.4, 0.5) is 4.79 Å². The molecule has 2 atom stereocenters. The van der Waals surface area contributed by atoms with Crippen molar-refractivity contribution in [3.05, 3.63) is 0 Å². The van der Waals surface area contributed by atoms with E-state index < -0.39 is 11.5 Å². The van der Waals surface area contributed by atoms with Gasteiger partial charge in [-0.1, -0.05) is 0 Å². The number of hydrogen-bond donors (Lipinski definition) is 1. The van der Waals surface area contributed by atoms with Gasteiger partial charge in [0.2, 0.25) is 0 Å². The molecule has 0 aromatic heterocycles. The first kappa shape index (κ1) is 15.8. The number of hydrogen-bond acceptors (Lipinski definition) is 3. The Hall–Kier alpha value is -1.30. The van der Waals surface area contributed by atoms with Gasteiger partial charge in [0.25, 0.3) is 0 Å². The third-order valence-corrected chi connectivity index (χ3v) is 4.28. The predicted molar refractivity (Wildman–Crippen MR) is 73.1 cm³/mol. The Balaban J connectivity index is 2.81. The molecule has 0 saturated carbocycles. The molecule has 0 bridgehead atoms. The van der Waals surface area contributed by atoms with E-state index in [-0.39, 0.29) is 18.1 Å². The molecule has 2 unspecified atom stereocenters. The second-order valence-corrected chi connectivity index (χ2v) is 5.97. The number of carbonyl (C=O) groups excluding carboxylic acids is 1. The molecule has 6 nitrogen and oxygen atoms in total. The highest BCUT2D eigenvalue weighted by molar-refractivity contribution is 5.85. The van der Waals surface area contributed by atoms with Crippen LogP contribution in [0.15, 0.2) is 0 Å². The Morgan fingerprint density at radius 1 is 1.21 bits per heavy atom. The van der Waals surface area contributed by atoms with Gasteiger partial charge in [-0.3, -0.25) is 4.90 Å². The molecule has 1 aliphatic heterocycles. The Morgan fingerprint density at radius 2 is 1.63 bits per heavy atom. The molecule has 2 amide bonds. The number of likely N-dealkylation sites (N-methyl/N-ethyl adjacent to an activating group) is 2. The molecule has 110 valence electrons. The van der Waals surface area contributed by atoms with Gasteiger partial charge in [-0.05, 0) is 34.7 Å². The van der Waals surface area contributed by atoms with E-state index in [0.717, 1.165) is 0 Å². The molecule has 0 spiro atoms. The number of aliphatic carboxylic acids is 1. The zero-order chi connectivity index (χ0) is 15.0. The first-order valence-corrected chi connectivity index (χ1v) is 6.57. The van der Waals surface area contributed by atoms with E-state index in [1.54, 1.807) is 11.9 Å². The summed E-state index contributed by atoms with van der Waals surface area (Å²) >= 11 is 0. The Kier molecular flexibility index (Phi) is 4.45. The zero-order valence-corrected chi connectivity index (χ0v) is 12.7. The minimum Gasteiger partial charge on any atom is -0.480 e. The molecule has 19 heavy (non-hydrogen) atoms. The molecule has 1 fully saturated rings. The molecular weight excluding hydrogens is 246 g/mol. The molecule has 1 rings (SSSR count). The average molecular weight is 271 g/mol. The zero-order valence-electron chi connectivity index (χ0n) is 12.7. The van der Waals surface area contributed by atoms with Crippen molar-refractivity contribution in [3.63, 3.8) is 0 Å². The molecule has 1 N–H and O–H groups in total. The van der Waals surface area contributed by atoms with Crippen LogP contribution in [-0.2, 0) is 4.79 Å². The van der Waals surface area contributed by atoms with Gasteiger partial charge in [-0.15, -0.1) is 0 Å². The molecule has 0 aromatic carbocycles. The lowest BCUT2D eigenvalue weighted by Crippen LogP contribution is -2.62. The number of carboxylic acids is 1. The highest BCUT2D eigenvalue weighted by Gasteiger charge is 2.39. The molecule has 1 heterocycles. The van der Waals surface area contributed by atoms with Crippen molar-refractivity contribution < 1.29 is 14.7 Å². The minimum absolute atomic E-state index is 0.223. The van der Waals surface area contributed by atoms with Gasteiger partial charge in [0, 0.05) is 32.2 Å². The summed E-state index contributed by atoms with van der Waals surface area (Å²) in [6.45, 7) is 8.46. The lowest BCUT2D eigenvalue weighted by molar-refractivity contribution is -0.147. The van der Waals surface area contributed by atoms with E-state index in [2.05, 4.69) is 18.7 Å². The van der Waals surface area contributed by atoms with Crippen LogP contribution in [0, 0.1) is 0 Å². The van der Waals surface area contributed by atoms with E-state index in [0.29, 0.717) is 13.1 Å². The van der Waals surface area contributed by atoms with Crippen molar-refractivity contribution in [2.45, 2.75) is 45.3 Å². The summed E-state index contributed by atoms with van der Waals surface area (Å²) in [5.74, 6) is -1.00. The third kappa shape index (κ3) is 3.00. The molecule has 0 aromatic rings. The molecule has 0 aliphatic carbocycles. The van der Waals surface area contributed by atoms with Crippen LogP contribution < -0.4 is 0 Å². The number of nitrogens with zero attached hydrogens (tertiary/aromatic N) is 3. The summed E-state index contributed by atoms with van der Waals surface area (Å²) in [5.41, 5.74) is -1.20. The monoisotopic (exact) mass is 271 g/mol. The Bertz CT molecular complexity index is 358. The van der Waals surface area contributed by atoms with Gasteiger partial charge in [0.15, 0.2) is 0 Å². The number of piperazine rings is 1. The van der Waals surface area contributed by atoms with Crippen LogP contribution in [0.1, 0.15) is 27.7 Å². The van der Waals surface area contributed by atoms with Gasteiger partial charge in [0.1, 0.15) is 5.54 Å². The van der Waals surface area contributed by atoms with Crippen molar-refractivity contribution >= 4 is 12.0 Å². The largest absolute Gasteiger partial charge is 0.480 e. The molecule has 1 aliphatic rings. The number of carbonyl (C=O) groups is 2. The molecule has 1 saturated heterocycles. The third-order valence-electron chi connectivity index (χ3n) is 4.28. The second-order valence-electron chi connectivity index (χ2n) is 5.97. The van der Waals surface area contributed by atoms with Crippen LogP contribution in [-0.4, -0.2) is 76.6 Å². The number of amides is 2. The summed E-state index contributed by atoms with van der Waals surface area (Å²) in [4.78, 5) is 28.9. The first-order chi connectivity index (χ1) is 8.59. The van der Waals surface area contributed by atoms with Crippen molar-refractivity contribution in [2.24, 2.45) is 0 Å². The number of carboxylic acid groups (broad SMARTS) is 1. The maximum absolute atomic E-state index is 12.4. The molecule has 6 heteroatoms. The summed E-state index contributed by atoms with van der Waals surface area (Å²) in [6, 6.07) is 0.322. The van der Waals surface area contributed by atoms with E-state index in [1.807, 2.05) is 7.05 Å². The summed E-state index contributed by atoms with van der Waals surface area (Å²) in [5, 5.41) is 9.18. The quantitative estimate of drug-likeness (QED) is 0.811. The first-order valence-electron chi connectivity index (χ1n) is 6.57. The molecule has 0 radical (unpaired) electrons. The van der Waals surface area contributed by atoms with E-state index in [1.165, 1.54) is 18.7 Å². The summed E-state index contributed by atoms with van der Waals surface area (Å²) in [6.07, 6.45) is 0. The Labute approximate surface area is 115 Å². The summed E-state index contributed by atoms with van der Waals surface area (Å²) in [7, 11) is 3.59. The topological polar surface area (TPSA) is 64.1 Å². The molecular formula is C13H25N3O3. The van der Waals surface area contributed by atoms with Gasteiger partial charge in [0.05, 0.1) is 0 Å². The highest BCUT2D eigenvalue weighted by atomic mass is 16.4. The SMILES string of the molecule is CC1CN(C(=O)N(C)C(C)(C)C(=O)O)CC(C)N1C. The fourth-order valence-corrected chi connectivity index (χ4v) is 2.16. The van der Waals surface area contributed by atoms with E-state index in [9.17, 15) is 14.7 Å². The smallest absolute Gasteiger partial charge is 0.329 e. The van der Waals surface area contributed by atoms with Gasteiger partial charge in [-0.25, -0.2) is 9.59 Å². The summed E-state index contributed by atoms with van der Waals surface area (Å²) < 4.78 is 0. The van der Waals surface area contributed by atoms with Crippen LogP contribution in [0.25, 0.3) is 0 Å². The van der Waals surface area contributed by atoms with Crippen LogP contribution >= 0.6 is 0 Å². The normalized spacial score (nSPS) is 25.3. The van der Waals surface area contributed by atoms with Crippen LogP contribution in [0.3, 0.4) is 0 Å². The van der Waals surface area contributed by atoms with Gasteiger partial charge < -0.3 is 14.9 Å². The van der Waals surface area contributed by atoms with Crippen molar-refractivity contribution in [3.8, 4) is 0 Å². The van der Waals surface area contributed by atoms with E-state index in [4.69, 9.17) is 0 Å². The second kappa shape index (κ2) is 5.36. The lowest BCUT2D eigenvalue weighted by Gasteiger charge is -2.45. The van der Waals surface area contributed by atoms with Crippen LogP contribution in [0.5, 0.6) is 0 Å². The lowest BCUT2D eigenvalue weighted by atomic mass is 10.0. The maximum Gasteiger partial charge on any atom is 0.329 e. The van der Waals surface area contributed by atoms with Crippen molar-refractivity contribution in [1.82, 2.24) is 14.7 Å². The Morgan fingerprint density at radius 3 is 2.00 bits per heavy atom. The fraction of sp³-hybridized carbons (Fsp3) is 0.846.